The molecule has 0 radical (unpaired) electrons. The minimum Gasteiger partial charge on any atom is -0.409 e. The Morgan fingerprint density at radius 2 is 2.37 bits per heavy atom. The number of hydrogen-bond donors (Lipinski definition) is 2. The second-order valence-corrected chi connectivity index (χ2v) is 5.38. The van der Waals surface area contributed by atoms with Crippen LogP contribution in [0.25, 0.3) is 0 Å². The molecule has 1 fully saturated rings. The van der Waals surface area contributed by atoms with Crippen LogP contribution in [0.15, 0.2) is 17.4 Å². The summed E-state index contributed by atoms with van der Waals surface area (Å²) in [5, 5.41) is 12.1. The predicted octanol–water partition coefficient (Wildman–Crippen LogP) is 1.44. The van der Waals surface area contributed by atoms with Gasteiger partial charge in [0.25, 0.3) is 0 Å². The first kappa shape index (κ1) is 13.9. The zero-order chi connectivity index (χ0) is 14.0. The van der Waals surface area contributed by atoms with Gasteiger partial charge in [-0.25, -0.2) is 4.98 Å². The molecule has 3 N–H and O–H groups in total. The topological polar surface area (TPSA) is 84.0 Å². The molecule has 0 bridgehead atoms. The van der Waals surface area contributed by atoms with Crippen molar-refractivity contribution in [2.24, 2.45) is 10.9 Å². The van der Waals surface area contributed by atoms with Gasteiger partial charge >= 0.3 is 0 Å². The van der Waals surface area contributed by atoms with E-state index in [9.17, 15) is 0 Å². The number of aromatic nitrogens is 1. The van der Waals surface area contributed by atoms with E-state index in [4.69, 9.17) is 27.3 Å². The summed E-state index contributed by atoms with van der Waals surface area (Å²) in [4.78, 5) is 6.40. The average Bonchev–Trinajstić information content (AvgIpc) is 2.38. The van der Waals surface area contributed by atoms with E-state index < -0.39 is 0 Å². The van der Waals surface area contributed by atoms with Gasteiger partial charge in [-0.1, -0.05) is 16.8 Å². The molecule has 0 saturated carbocycles. The highest BCUT2D eigenvalue weighted by Gasteiger charge is 2.33. The summed E-state index contributed by atoms with van der Waals surface area (Å²) in [6.45, 7) is 6.02. The second-order valence-electron chi connectivity index (χ2n) is 5.00. The average molecular weight is 285 g/mol. The Balaban J connectivity index is 2.45. The minimum absolute atomic E-state index is 0.0280. The molecule has 1 aliphatic rings. The predicted molar refractivity (Wildman–Crippen MR) is 74.0 cm³/mol. The van der Waals surface area contributed by atoms with Crippen LogP contribution >= 0.6 is 11.6 Å². The Morgan fingerprint density at radius 3 is 3.00 bits per heavy atom. The lowest BCUT2D eigenvalue weighted by Crippen LogP contribution is -2.53. The van der Waals surface area contributed by atoms with Crippen LogP contribution < -0.4 is 10.6 Å². The van der Waals surface area contributed by atoms with Crippen molar-refractivity contribution in [3.63, 3.8) is 0 Å². The number of ether oxygens (including phenoxy) is 1. The molecule has 0 unspecified atom stereocenters. The van der Waals surface area contributed by atoms with Crippen LogP contribution in [0, 0.1) is 0 Å². The number of oxime groups is 1. The molecular weight excluding hydrogens is 268 g/mol. The maximum atomic E-state index is 8.77. The van der Waals surface area contributed by atoms with Gasteiger partial charge in [-0.3, -0.25) is 0 Å². The molecule has 0 amide bonds. The van der Waals surface area contributed by atoms with Crippen LogP contribution in [0.1, 0.15) is 19.4 Å². The molecule has 1 aromatic rings. The highest BCUT2D eigenvalue weighted by Crippen LogP contribution is 2.32. The third-order valence-corrected chi connectivity index (χ3v) is 3.53. The Labute approximate surface area is 116 Å². The van der Waals surface area contributed by atoms with Crippen LogP contribution in [0.4, 0.5) is 5.82 Å². The van der Waals surface area contributed by atoms with E-state index in [-0.39, 0.29) is 11.4 Å². The molecular formula is C12H17ClN4O2. The van der Waals surface area contributed by atoms with Gasteiger partial charge in [0.15, 0.2) is 5.84 Å². The van der Waals surface area contributed by atoms with E-state index in [0.717, 1.165) is 0 Å². The largest absolute Gasteiger partial charge is 0.409 e. The van der Waals surface area contributed by atoms with E-state index in [2.05, 4.69) is 28.9 Å². The Hall–Kier alpha value is -1.53. The van der Waals surface area contributed by atoms with Gasteiger partial charge < -0.3 is 20.6 Å². The molecule has 6 nitrogen and oxygen atoms in total. The maximum Gasteiger partial charge on any atom is 0.171 e. The Bertz CT molecular complexity index is 505. The van der Waals surface area contributed by atoms with Crippen LogP contribution in [-0.4, -0.2) is 41.3 Å². The SMILES string of the molecule is CC1(C)COCCN1c1nccc(/C(N)=N/O)c1Cl. The summed E-state index contributed by atoms with van der Waals surface area (Å²) in [5.41, 5.74) is 5.86. The molecule has 0 atom stereocenters. The first-order valence-electron chi connectivity index (χ1n) is 5.95. The lowest BCUT2D eigenvalue weighted by molar-refractivity contribution is 0.0639. The van der Waals surface area contributed by atoms with Crippen LogP contribution in [0.5, 0.6) is 0 Å². The zero-order valence-corrected chi connectivity index (χ0v) is 11.7. The summed E-state index contributed by atoms with van der Waals surface area (Å²) in [6, 6.07) is 1.62. The third kappa shape index (κ3) is 2.59. The smallest absolute Gasteiger partial charge is 0.171 e. The molecule has 1 aromatic heterocycles. The summed E-state index contributed by atoms with van der Waals surface area (Å²) in [5.74, 6) is 0.596. The number of pyridine rings is 1. The fourth-order valence-electron chi connectivity index (χ4n) is 2.12. The van der Waals surface area contributed by atoms with Gasteiger partial charge in [-0.2, -0.15) is 0 Å². The normalized spacial score (nSPS) is 19.5. The van der Waals surface area contributed by atoms with Crippen molar-refractivity contribution >= 4 is 23.3 Å². The van der Waals surface area contributed by atoms with Gasteiger partial charge in [0, 0.05) is 18.3 Å². The fourth-order valence-corrected chi connectivity index (χ4v) is 2.43. The summed E-state index contributed by atoms with van der Waals surface area (Å²) < 4.78 is 5.47. The van der Waals surface area contributed by atoms with Gasteiger partial charge in [0.1, 0.15) is 5.82 Å². The first-order chi connectivity index (χ1) is 8.97. The number of morpholine rings is 1. The van der Waals surface area contributed by atoms with E-state index >= 15 is 0 Å². The number of rotatable bonds is 2. The number of amidine groups is 1. The number of anilines is 1. The molecule has 1 aliphatic heterocycles. The lowest BCUT2D eigenvalue weighted by Gasteiger charge is -2.43. The van der Waals surface area contributed by atoms with Gasteiger partial charge in [-0.15, -0.1) is 0 Å². The standard InChI is InChI=1S/C12H17ClN4O2/c1-12(2)7-19-6-5-17(12)11-9(13)8(3-4-15-11)10(14)16-18/h3-4,18H,5-7H2,1-2H3,(H2,14,16). The molecule has 0 aromatic carbocycles. The monoisotopic (exact) mass is 284 g/mol. The molecule has 2 rings (SSSR count). The molecule has 0 aliphatic carbocycles. The number of nitrogens with two attached hydrogens (primary N) is 1. The van der Waals surface area contributed by atoms with Gasteiger partial charge in [0.2, 0.25) is 0 Å². The van der Waals surface area contributed by atoms with E-state index in [1.807, 2.05) is 0 Å². The Morgan fingerprint density at radius 1 is 1.63 bits per heavy atom. The van der Waals surface area contributed by atoms with Crippen LogP contribution in [0.3, 0.4) is 0 Å². The Kier molecular flexibility index (Phi) is 3.82. The van der Waals surface area contributed by atoms with Gasteiger partial charge in [0.05, 0.1) is 23.8 Å². The molecule has 2 heterocycles. The second kappa shape index (κ2) is 5.22. The van der Waals surface area contributed by atoms with Crippen molar-refractivity contribution in [3.8, 4) is 0 Å². The lowest BCUT2D eigenvalue weighted by atomic mass is 10.0. The molecule has 0 spiro atoms. The molecule has 104 valence electrons. The van der Waals surface area contributed by atoms with E-state index in [1.165, 1.54) is 0 Å². The van der Waals surface area contributed by atoms with E-state index in [0.29, 0.717) is 36.2 Å². The number of halogens is 1. The third-order valence-electron chi connectivity index (χ3n) is 3.16. The van der Waals surface area contributed by atoms with Crippen molar-refractivity contribution in [3.05, 3.63) is 22.8 Å². The maximum absolute atomic E-state index is 8.77. The zero-order valence-electron chi connectivity index (χ0n) is 10.9. The fraction of sp³-hybridized carbons (Fsp3) is 0.500. The van der Waals surface area contributed by atoms with Crippen molar-refractivity contribution in [2.75, 3.05) is 24.7 Å². The van der Waals surface area contributed by atoms with Crippen LogP contribution in [-0.2, 0) is 4.74 Å². The van der Waals surface area contributed by atoms with E-state index in [1.54, 1.807) is 12.3 Å². The molecule has 1 saturated heterocycles. The highest BCUT2D eigenvalue weighted by atomic mass is 35.5. The molecule has 7 heteroatoms. The van der Waals surface area contributed by atoms with Crippen molar-refractivity contribution in [1.29, 1.82) is 0 Å². The number of nitrogens with zero attached hydrogens (tertiary/aromatic N) is 3. The van der Waals surface area contributed by atoms with Crippen LogP contribution in [0.2, 0.25) is 5.02 Å². The van der Waals surface area contributed by atoms with Crippen molar-refractivity contribution in [2.45, 2.75) is 19.4 Å². The number of hydrogen-bond acceptors (Lipinski definition) is 5. The minimum atomic E-state index is -0.210. The van der Waals surface area contributed by atoms with Crippen molar-refractivity contribution < 1.29 is 9.94 Å². The quantitative estimate of drug-likeness (QED) is 0.372. The summed E-state index contributed by atoms with van der Waals surface area (Å²) >= 11 is 6.33. The summed E-state index contributed by atoms with van der Waals surface area (Å²) in [6.07, 6.45) is 1.60. The highest BCUT2D eigenvalue weighted by molar-refractivity contribution is 6.36. The first-order valence-corrected chi connectivity index (χ1v) is 6.33. The summed E-state index contributed by atoms with van der Waals surface area (Å²) in [7, 11) is 0. The molecule has 19 heavy (non-hydrogen) atoms. The van der Waals surface area contributed by atoms with Gasteiger partial charge in [-0.05, 0) is 19.9 Å². The van der Waals surface area contributed by atoms with Crippen molar-refractivity contribution in [1.82, 2.24) is 4.98 Å².